The van der Waals surface area contributed by atoms with E-state index in [1.165, 1.54) is 16.6 Å². The van der Waals surface area contributed by atoms with Crippen LogP contribution >= 0.6 is 0 Å². The first-order chi connectivity index (χ1) is 9.93. The number of carbonyl (C=O) groups excluding carboxylic acids is 2. The van der Waals surface area contributed by atoms with Crippen molar-refractivity contribution in [3.05, 3.63) is 41.7 Å². The van der Waals surface area contributed by atoms with Gasteiger partial charge in [0.05, 0.1) is 11.4 Å². The second kappa shape index (κ2) is 5.66. The lowest BCUT2D eigenvalue weighted by Crippen LogP contribution is -2.22. The number of rotatable bonds is 3. The SMILES string of the molecule is CNC(=O)c1ccn(-c2ccc(C(=O)N(C)C)cc2N)n1. The zero-order chi connectivity index (χ0) is 15.6. The van der Waals surface area contributed by atoms with Gasteiger partial charge in [0.15, 0.2) is 5.69 Å². The Morgan fingerprint density at radius 2 is 2.00 bits per heavy atom. The molecular weight excluding hydrogens is 270 g/mol. The number of amides is 2. The van der Waals surface area contributed by atoms with Crippen molar-refractivity contribution >= 4 is 17.5 Å². The van der Waals surface area contributed by atoms with Crippen LogP contribution in [-0.2, 0) is 0 Å². The van der Waals surface area contributed by atoms with Gasteiger partial charge in [0.2, 0.25) is 0 Å². The van der Waals surface area contributed by atoms with Crippen LogP contribution in [-0.4, -0.2) is 47.6 Å². The van der Waals surface area contributed by atoms with E-state index in [1.807, 2.05) is 0 Å². The Balaban J connectivity index is 2.35. The molecule has 7 heteroatoms. The molecule has 0 aliphatic heterocycles. The number of nitrogens with two attached hydrogens (primary N) is 1. The van der Waals surface area contributed by atoms with Crippen LogP contribution in [0.1, 0.15) is 20.8 Å². The minimum atomic E-state index is -0.272. The van der Waals surface area contributed by atoms with Crippen LogP contribution in [0.5, 0.6) is 0 Å². The molecule has 0 radical (unpaired) electrons. The summed E-state index contributed by atoms with van der Waals surface area (Å²) in [7, 11) is 4.89. The van der Waals surface area contributed by atoms with Crippen LogP contribution in [0.2, 0.25) is 0 Å². The summed E-state index contributed by atoms with van der Waals surface area (Å²) in [6.07, 6.45) is 1.64. The van der Waals surface area contributed by atoms with E-state index < -0.39 is 0 Å². The van der Waals surface area contributed by atoms with E-state index in [-0.39, 0.29) is 11.8 Å². The Bertz CT molecular complexity index is 690. The molecule has 1 aromatic carbocycles. The van der Waals surface area contributed by atoms with Gasteiger partial charge in [0, 0.05) is 32.9 Å². The minimum absolute atomic E-state index is 0.125. The Labute approximate surface area is 122 Å². The number of carbonyl (C=O) groups is 2. The van der Waals surface area contributed by atoms with Gasteiger partial charge in [-0.25, -0.2) is 4.68 Å². The smallest absolute Gasteiger partial charge is 0.271 e. The fraction of sp³-hybridized carbons (Fsp3) is 0.214. The second-order valence-electron chi connectivity index (χ2n) is 4.70. The zero-order valence-corrected chi connectivity index (χ0v) is 12.1. The molecular formula is C14H17N5O2. The predicted molar refractivity (Wildman–Crippen MR) is 79.4 cm³/mol. The highest BCUT2D eigenvalue weighted by Crippen LogP contribution is 2.19. The maximum Gasteiger partial charge on any atom is 0.271 e. The van der Waals surface area contributed by atoms with Gasteiger partial charge in [-0.3, -0.25) is 9.59 Å². The molecule has 21 heavy (non-hydrogen) atoms. The van der Waals surface area contributed by atoms with Crippen LogP contribution < -0.4 is 11.1 Å². The second-order valence-corrected chi connectivity index (χ2v) is 4.70. The standard InChI is InChI=1S/C14H17N5O2/c1-16-13(20)11-6-7-19(17-11)12-5-4-9(8-10(12)15)14(21)18(2)3/h4-8H,15H2,1-3H3,(H,16,20). The first-order valence-corrected chi connectivity index (χ1v) is 6.33. The number of nitrogens with zero attached hydrogens (tertiary/aromatic N) is 3. The van der Waals surface area contributed by atoms with Crippen molar-refractivity contribution in [2.24, 2.45) is 0 Å². The van der Waals surface area contributed by atoms with Crippen LogP contribution in [0.15, 0.2) is 30.5 Å². The molecule has 2 rings (SSSR count). The molecule has 0 saturated heterocycles. The summed E-state index contributed by atoms with van der Waals surface area (Å²) in [6, 6.07) is 6.57. The third-order valence-electron chi connectivity index (χ3n) is 2.98. The van der Waals surface area contributed by atoms with Gasteiger partial charge in [-0.1, -0.05) is 0 Å². The Morgan fingerprint density at radius 3 is 2.57 bits per heavy atom. The van der Waals surface area contributed by atoms with Crippen molar-refractivity contribution in [1.29, 1.82) is 0 Å². The number of nitrogens with one attached hydrogen (secondary N) is 1. The van der Waals surface area contributed by atoms with Gasteiger partial charge >= 0.3 is 0 Å². The molecule has 0 bridgehead atoms. The lowest BCUT2D eigenvalue weighted by atomic mass is 10.1. The monoisotopic (exact) mass is 287 g/mol. The van der Waals surface area contributed by atoms with Gasteiger partial charge in [-0.05, 0) is 24.3 Å². The average Bonchev–Trinajstić information content (AvgIpc) is 2.94. The van der Waals surface area contributed by atoms with Crippen molar-refractivity contribution in [2.45, 2.75) is 0 Å². The molecule has 0 unspecified atom stereocenters. The molecule has 110 valence electrons. The topological polar surface area (TPSA) is 93.2 Å². The van der Waals surface area contributed by atoms with Crippen LogP contribution in [0.4, 0.5) is 5.69 Å². The molecule has 2 aromatic rings. The molecule has 1 aromatic heterocycles. The number of benzene rings is 1. The lowest BCUT2D eigenvalue weighted by Gasteiger charge is -2.12. The van der Waals surface area contributed by atoms with Crippen molar-refractivity contribution in [3.63, 3.8) is 0 Å². The predicted octanol–water partition coefficient (Wildman–Crippen LogP) is 0.516. The van der Waals surface area contributed by atoms with E-state index in [4.69, 9.17) is 5.73 Å². The summed E-state index contributed by atoms with van der Waals surface area (Å²) < 4.78 is 1.50. The Morgan fingerprint density at radius 1 is 1.29 bits per heavy atom. The van der Waals surface area contributed by atoms with Crippen molar-refractivity contribution in [3.8, 4) is 5.69 Å². The maximum absolute atomic E-state index is 11.9. The van der Waals surface area contributed by atoms with Crippen molar-refractivity contribution < 1.29 is 9.59 Å². The molecule has 0 aliphatic rings. The Kier molecular flexibility index (Phi) is 3.93. The summed E-state index contributed by atoms with van der Waals surface area (Å²) in [4.78, 5) is 24.8. The number of nitrogen functional groups attached to an aromatic ring is 1. The van der Waals surface area contributed by atoms with E-state index in [0.717, 1.165) is 0 Å². The molecule has 0 aliphatic carbocycles. The van der Waals surface area contributed by atoms with Gasteiger partial charge < -0.3 is 16.0 Å². The molecule has 7 nitrogen and oxygen atoms in total. The maximum atomic E-state index is 11.9. The Hall–Kier alpha value is -2.83. The number of anilines is 1. The van der Waals surface area contributed by atoms with E-state index in [1.54, 1.807) is 44.6 Å². The van der Waals surface area contributed by atoms with E-state index in [9.17, 15) is 9.59 Å². The quantitative estimate of drug-likeness (QED) is 0.805. The molecule has 0 atom stereocenters. The van der Waals surface area contributed by atoms with Crippen LogP contribution in [0.25, 0.3) is 5.69 Å². The molecule has 3 N–H and O–H groups in total. The van der Waals surface area contributed by atoms with Crippen molar-refractivity contribution in [1.82, 2.24) is 20.0 Å². The zero-order valence-electron chi connectivity index (χ0n) is 12.1. The van der Waals surface area contributed by atoms with Gasteiger partial charge in [-0.15, -0.1) is 0 Å². The number of hydrogen-bond acceptors (Lipinski definition) is 4. The number of aromatic nitrogens is 2. The largest absolute Gasteiger partial charge is 0.397 e. The van der Waals surface area contributed by atoms with Crippen molar-refractivity contribution in [2.75, 3.05) is 26.9 Å². The summed E-state index contributed by atoms with van der Waals surface area (Å²) in [5, 5.41) is 6.65. The third kappa shape index (κ3) is 2.86. The average molecular weight is 287 g/mol. The summed E-state index contributed by atoms with van der Waals surface area (Å²) in [5.74, 6) is -0.397. The van der Waals surface area contributed by atoms with E-state index in [0.29, 0.717) is 22.6 Å². The highest BCUT2D eigenvalue weighted by molar-refractivity contribution is 5.95. The molecule has 1 heterocycles. The number of hydrogen-bond donors (Lipinski definition) is 2. The molecule has 0 saturated carbocycles. The summed E-state index contributed by atoms with van der Waals surface area (Å²) >= 11 is 0. The molecule has 2 amide bonds. The van der Waals surface area contributed by atoms with E-state index >= 15 is 0 Å². The van der Waals surface area contributed by atoms with Gasteiger partial charge in [0.1, 0.15) is 0 Å². The normalized spacial score (nSPS) is 10.2. The fourth-order valence-electron chi connectivity index (χ4n) is 1.86. The highest BCUT2D eigenvalue weighted by Gasteiger charge is 2.13. The molecule has 0 spiro atoms. The van der Waals surface area contributed by atoms with Gasteiger partial charge in [-0.2, -0.15) is 5.10 Å². The third-order valence-corrected chi connectivity index (χ3v) is 2.98. The lowest BCUT2D eigenvalue weighted by molar-refractivity contribution is 0.0827. The van der Waals surface area contributed by atoms with Crippen LogP contribution in [0.3, 0.4) is 0 Å². The summed E-state index contributed by atoms with van der Waals surface area (Å²) in [5.41, 5.74) is 7.80. The highest BCUT2D eigenvalue weighted by atomic mass is 16.2. The fourth-order valence-corrected chi connectivity index (χ4v) is 1.86. The first-order valence-electron chi connectivity index (χ1n) is 6.33. The minimum Gasteiger partial charge on any atom is -0.397 e. The molecule has 0 fully saturated rings. The van der Waals surface area contributed by atoms with Crippen LogP contribution in [0, 0.1) is 0 Å². The first kappa shape index (κ1) is 14.6. The van der Waals surface area contributed by atoms with E-state index in [2.05, 4.69) is 10.4 Å². The summed E-state index contributed by atoms with van der Waals surface area (Å²) in [6.45, 7) is 0. The van der Waals surface area contributed by atoms with Gasteiger partial charge in [0.25, 0.3) is 11.8 Å².